The second kappa shape index (κ2) is 5.57. The third kappa shape index (κ3) is 4.24. The van der Waals surface area contributed by atoms with Crippen LogP contribution in [0.15, 0.2) is 23.1 Å². The molecule has 0 spiro atoms. The van der Waals surface area contributed by atoms with Crippen LogP contribution in [0.25, 0.3) is 0 Å². The molecule has 0 aliphatic rings. The number of benzene rings is 1. The second-order valence-electron chi connectivity index (χ2n) is 5.35. The number of hydrogen-bond donors (Lipinski definition) is 2. The van der Waals surface area contributed by atoms with E-state index in [1.165, 1.54) is 6.07 Å². The Labute approximate surface area is 114 Å². The Morgan fingerprint density at radius 1 is 1.33 bits per heavy atom. The zero-order chi connectivity index (χ0) is 14.0. The van der Waals surface area contributed by atoms with Gasteiger partial charge in [-0.3, -0.25) is 0 Å². The van der Waals surface area contributed by atoms with Gasteiger partial charge in [-0.05, 0) is 23.1 Å². The molecule has 0 radical (unpaired) electrons. The fourth-order valence-corrected chi connectivity index (χ4v) is 3.10. The predicted molar refractivity (Wildman–Crippen MR) is 74.0 cm³/mol. The number of rotatable bonds is 4. The van der Waals surface area contributed by atoms with Crippen molar-refractivity contribution in [1.82, 2.24) is 4.72 Å². The fraction of sp³-hybridized carbons (Fsp3) is 0.500. The summed E-state index contributed by atoms with van der Waals surface area (Å²) >= 11 is 5.93. The van der Waals surface area contributed by atoms with E-state index in [-0.39, 0.29) is 21.9 Å². The molecular weight excluding hydrogens is 272 g/mol. The molecule has 102 valence electrons. The Morgan fingerprint density at radius 3 is 2.44 bits per heavy atom. The van der Waals surface area contributed by atoms with E-state index >= 15 is 0 Å². The van der Waals surface area contributed by atoms with Gasteiger partial charge < -0.3 is 5.73 Å². The van der Waals surface area contributed by atoms with E-state index in [1.54, 1.807) is 12.1 Å². The molecule has 3 N–H and O–H groups in total. The molecule has 0 amide bonds. The van der Waals surface area contributed by atoms with Crippen molar-refractivity contribution in [2.24, 2.45) is 11.1 Å². The van der Waals surface area contributed by atoms with Crippen LogP contribution in [-0.4, -0.2) is 15.0 Å². The van der Waals surface area contributed by atoms with Crippen molar-refractivity contribution in [2.75, 3.05) is 6.54 Å². The lowest BCUT2D eigenvalue weighted by Crippen LogP contribution is -2.32. The number of nitrogens with two attached hydrogens (primary N) is 1. The molecule has 1 aromatic carbocycles. The number of hydrogen-bond acceptors (Lipinski definition) is 3. The van der Waals surface area contributed by atoms with E-state index in [1.807, 2.05) is 20.8 Å². The van der Waals surface area contributed by atoms with E-state index in [2.05, 4.69) is 4.72 Å². The second-order valence-corrected chi connectivity index (χ2v) is 7.50. The van der Waals surface area contributed by atoms with Crippen molar-refractivity contribution in [1.29, 1.82) is 0 Å². The fourth-order valence-electron chi connectivity index (χ4n) is 1.27. The summed E-state index contributed by atoms with van der Waals surface area (Å²) < 4.78 is 26.8. The van der Waals surface area contributed by atoms with Gasteiger partial charge in [0.25, 0.3) is 0 Å². The van der Waals surface area contributed by atoms with Gasteiger partial charge in [0.2, 0.25) is 10.0 Å². The molecule has 6 heteroatoms. The van der Waals surface area contributed by atoms with Gasteiger partial charge >= 0.3 is 0 Å². The highest BCUT2D eigenvalue weighted by molar-refractivity contribution is 7.89. The average molecular weight is 291 g/mol. The molecule has 1 rings (SSSR count). The number of halogens is 1. The first-order valence-corrected chi connectivity index (χ1v) is 7.50. The maximum atomic E-state index is 12.1. The predicted octanol–water partition coefficient (Wildman–Crippen LogP) is 2.12. The van der Waals surface area contributed by atoms with Crippen LogP contribution in [0, 0.1) is 5.41 Å². The molecule has 0 bridgehead atoms. The molecular formula is C12H19ClN2O2S. The Kier molecular flexibility index (Phi) is 4.78. The lowest BCUT2D eigenvalue weighted by Gasteiger charge is -2.19. The van der Waals surface area contributed by atoms with Gasteiger partial charge in [0.05, 0.1) is 5.02 Å². The number of sulfonamides is 1. The smallest absolute Gasteiger partial charge is 0.242 e. The van der Waals surface area contributed by atoms with Crippen LogP contribution >= 0.6 is 11.6 Å². The van der Waals surface area contributed by atoms with E-state index in [0.717, 1.165) is 5.56 Å². The largest absolute Gasteiger partial charge is 0.326 e. The molecule has 0 aromatic heterocycles. The SMILES string of the molecule is CC(C)(C)CNS(=O)(=O)c1cc(CN)ccc1Cl. The molecule has 4 nitrogen and oxygen atoms in total. The molecule has 0 saturated carbocycles. The minimum Gasteiger partial charge on any atom is -0.326 e. The van der Waals surface area contributed by atoms with Gasteiger partial charge in [0.1, 0.15) is 4.90 Å². The molecule has 0 atom stereocenters. The summed E-state index contributed by atoms with van der Waals surface area (Å²) in [5, 5.41) is 0.202. The minimum atomic E-state index is -3.59. The van der Waals surface area contributed by atoms with Crippen molar-refractivity contribution < 1.29 is 8.42 Å². The number of nitrogens with one attached hydrogen (secondary N) is 1. The summed E-state index contributed by atoms with van der Waals surface area (Å²) in [6, 6.07) is 4.77. The molecule has 0 saturated heterocycles. The lowest BCUT2D eigenvalue weighted by molar-refractivity contribution is 0.407. The van der Waals surface area contributed by atoms with Crippen molar-refractivity contribution in [2.45, 2.75) is 32.2 Å². The van der Waals surface area contributed by atoms with Crippen LogP contribution in [0.3, 0.4) is 0 Å². The van der Waals surface area contributed by atoms with Crippen LogP contribution < -0.4 is 10.5 Å². The monoisotopic (exact) mass is 290 g/mol. The molecule has 0 unspecified atom stereocenters. The van der Waals surface area contributed by atoms with Crippen molar-refractivity contribution in [3.63, 3.8) is 0 Å². The molecule has 1 aromatic rings. The van der Waals surface area contributed by atoms with Crippen molar-refractivity contribution in [3.05, 3.63) is 28.8 Å². The highest BCUT2D eigenvalue weighted by Gasteiger charge is 2.21. The molecule has 0 fully saturated rings. The third-order valence-corrected chi connectivity index (χ3v) is 4.20. The topological polar surface area (TPSA) is 72.2 Å². The van der Waals surface area contributed by atoms with Crippen molar-refractivity contribution >= 4 is 21.6 Å². The Balaban J connectivity index is 3.05. The Bertz CT molecular complexity index is 521. The summed E-state index contributed by atoms with van der Waals surface area (Å²) in [5.74, 6) is 0. The average Bonchev–Trinajstić information content (AvgIpc) is 2.26. The van der Waals surface area contributed by atoms with Gasteiger partial charge in [-0.1, -0.05) is 38.4 Å². The maximum absolute atomic E-state index is 12.1. The molecule has 0 aliphatic heterocycles. The standard InChI is InChI=1S/C12H19ClN2O2S/c1-12(2,3)8-15-18(16,17)11-6-9(7-14)4-5-10(11)13/h4-6,15H,7-8,14H2,1-3H3. The van der Waals surface area contributed by atoms with Crippen LogP contribution in [-0.2, 0) is 16.6 Å². The zero-order valence-electron chi connectivity index (χ0n) is 10.8. The highest BCUT2D eigenvalue weighted by Crippen LogP contribution is 2.23. The summed E-state index contributed by atoms with van der Waals surface area (Å²) in [6.45, 7) is 6.48. The summed E-state index contributed by atoms with van der Waals surface area (Å²) in [7, 11) is -3.59. The first-order chi connectivity index (χ1) is 8.15. The normalized spacial score (nSPS) is 12.7. The van der Waals surface area contributed by atoms with E-state index in [0.29, 0.717) is 6.54 Å². The van der Waals surface area contributed by atoms with Gasteiger partial charge in [-0.2, -0.15) is 0 Å². The first-order valence-electron chi connectivity index (χ1n) is 5.64. The van der Waals surface area contributed by atoms with E-state index < -0.39 is 10.0 Å². The van der Waals surface area contributed by atoms with Crippen LogP contribution in [0.1, 0.15) is 26.3 Å². The van der Waals surface area contributed by atoms with Gasteiger partial charge in [0, 0.05) is 13.1 Å². The van der Waals surface area contributed by atoms with Gasteiger partial charge in [0.15, 0.2) is 0 Å². The Morgan fingerprint density at radius 2 is 1.94 bits per heavy atom. The summed E-state index contributed by atoms with van der Waals surface area (Å²) in [4.78, 5) is 0.0800. The van der Waals surface area contributed by atoms with E-state index in [9.17, 15) is 8.42 Å². The molecule has 0 heterocycles. The first kappa shape index (κ1) is 15.4. The van der Waals surface area contributed by atoms with Crippen LogP contribution in [0.4, 0.5) is 0 Å². The van der Waals surface area contributed by atoms with Crippen LogP contribution in [0.2, 0.25) is 5.02 Å². The summed E-state index contributed by atoms with van der Waals surface area (Å²) in [6.07, 6.45) is 0. The third-order valence-electron chi connectivity index (χ3n) is 2.31. The summed E-state index contributed by atoms with van der Waals surface area (Å²) in [5.41, 5.74) is 6.10. The van der Waals surface area contributed by atoms with Crippen molar-refractivity contribution in [3.8, 4) is 0 Å². The highest BCUT2D eigenvalue weighted by atomic mass is 35.5. The Hall–Kier alpha value is -0.620. The quantitative estimate of drug-likeness (QED) is 0.892. The lowest BCUT2D eigenvalue weighted by atomic mass is 9.98. The van der Waals surface area contributed by atoms with Crippen LogP contribution in [0.5, 0.6) is 0 Å². The molecule has 18 heavy (non-hydrogen) atoms. The van der Waals surface area contributed by atoms with Gasteiger partial charge in [-0.25, -0.2) is 13.1 Å². The minimum absolute atomic E-state index is 0.0800. The van der Waals surface area contributed by atoms with Gasteiger partial charge in [-0.15, -0.1) is 0 Å². The maximum Gasteiger partial charge on any atom is 0.242 e. The zero-order valence-corrected chi connectivity index (χ0v) is 12.4. The molecule has 0 aliphatic carbocycles. The van der Waals surface area contributed by atoms with E-state index in [4.69, 9.17) is 17.3 Å².